The van der Waals surface area contributed by atoms with Crippen molar-refractivity contribution in [3.8, 4) is 5.75 Å². The van der Waals surface area contributed by atoms with Crippen molar-refractivity contribution in [1.82, 2.24) is 10.2 Å². The summed E-state index contributed by atoms with van der Waals surface area (Å²) < 4.78 is 5.20. The molecule has 0 radical (unpaired) electrons. The van der Waals surface area contributed by atoms with Crippen molar-refractivity contribution in [1.29, 1.82) is 0 Å². The first-order valence-corrected chi connectivity index (χ1v) is 7.50. The summed E-state index contributed by atoms with van der Waals surface area (Å²) in [5.41, 5.74) is 1.32. The predicted octanol–water partition coefficient (Wildman–Crippen LogP) is 3.15. The zero-order chi connectivity index (χ0) is 15.1. The lowest BCUT2D eigenvalue weighted by Crippen LogP contribution is -2.44. The van der Waals surface area contributed by atoms with Crippen LogP contribution >= 0.6 is 0 Å². The largest absolute Gasteiger partial charge is 0.497 e. The molecule has 0 aliphatic rings. The Morgan fingerprint density at radius 1 is 1.10 bits per heavy atom. The number of nitrogens with zero attached hydrogens (tertiary/aromatic N) is 1. The fraction of sp³-hybridized carbons (Fsp3) is 0.647. The topological polar surface area (TPSA) is 24.5 Å². The monoisotopic (exact) mass is 278 g/mol. The number of nitrogens with one attached hydrogen (secondary N) is 1. The van der Waals surface area contributed by atoms with Crippen molar-refractivity contribution in [2.24, 2.45) is 5.92 Å². The summed E-state index contributed by atoms with van der Waals surface area (Å²) in [6.07, 6.45) is 0. The first kappa shape index (κ1) is 17.0. The summed E-state index contributed by atoms with van der Waals surface area (Å²) in [6, 6.07) is 9.41. The van der Waals surface area contributed by atoms with Crippen molar-refractivity contribution >= 4 is 0 Å². The quantitative estimate of drug-likeness (QED) is 0.790. The smallest absolute Gasteiger partial charge is 0.118 e. The molecule has 1 N–H and O–H groups in total. The van der Waals surface area contributed by atoms with E-state index < -0.39 is 0 Å². The third kappa shape index (κ3) is 5.51. The van der Waals surface area contributed by atoms with Crippen LogP contribution in [-0.4, -0.2) is 37.7 Å². The molecule has 0 saturated carbocycles. The second kappa shape index (κ2) is 8.28. The van der Waals surface area contributed by atoms with Crippen LogP contribution in [0.2, 0.25) is 0 Å². The van der Waals surface area contributed by atoms with Gasteiger partial charge in [0.05, 0.1) is 7.11 Å². The second-order valence-corrected chi connectivity index (χ2v) is 6.14. The lowest BCUT2D eigenvalue weighted by Gasteiger charge is -2.32. The Kier molecular flexibility index (Phi) is 7.03. The number of benzene rings is 1. The standard InChI is InChI=1S/C17H30N2O/c1-13(2)17(11-18-14(3)4)19(5)12-15-7-9-16(20-6)10-8-15/h7-10,13-14,17-18H,11-12H2,1-6H3. The molecular formula is C17H30N2O. The van der Waals surface area contributed by atoms with Gasteiger partial charge in [-0.25, -0.2) is 0 Å². The minimum absolute atomic E-state index is 0.533. The maximum atomic E-state index is 5.20. The summed E-state index contributed by atoms with van der Waals surface area (Å²) in [7, 11) is 3.91. The Labute approximate surface area is 124 Å². The van der Waals surface area contributed by atoms with E-state index in [1.54, 1.807) is 7.11 Å². The van der Waals surface area contributed by atoms with Gasteiger partial charge in [-0.05, 0) is 30.7 Å². The van der Waals surface area contributed by atoms with Crippen LogP contribution < -0.4 is 10.1 Å². The van der Waals surface area contributed by atoms with Crippen LogP contribution in [0.4, 0.5) is 0 Å². The minimum Gasteiger partial charge on any atom is -0.497 e. The zero-order valence-electron chi connectivity index (χ0n) is 13.8. The summed E-state index contributed by atoms with van der Waals surface area (Å²) in [6.45, 7) is 11.0. The van der Waals surface area contributed by atoms with E-state index in [0.717, 1.165) is 18.8 Å². The van der Waals surface area contributed by atoms with Crippen LogP contribution in [-0.2, 0) is 6.54 Å². The molecule has 0 fully saturated rings. The fourth-order valence-corrected chi connectivity index (χ4v) is 2.39. The van der Waals surface area contributed by atoms with Gasteiger partial charge in [-0.1, -0.05) is 39.8 Å². The van der Waals surface area contributed by atoms with Crippen molar-refractivity contribution in [2.75, 3.05) is 20.7 Å². The highest BCUT2D eigenvalue weighted by Gasteiger charge is 2.18. The molecule has 1 aromatic carbocycles. The number of ether oxygens (including phenoxy) is 1. The van der Waals surface area contributed by atoms with Crippen LogP contribution in [0.3, 0.4) is 0 Å². The van der Waals surface area contributed by atoms with Crippen molar-refractivity contribution in [2.45, 2.75) is 46.3 Å². The van der Waals surface area contributed by atoms with Crippen LogP contribution in [0.5, 0.6) is 5.75 Å². The first-order valence-electron chi connectivity index (χ1n) is 7.50. The van der Waals surface area contributed by atoms with Gasteiger partial charge in [-0.2, -0.15) is 0 Å². The van der Waals surface area contributed by atoms with E-state index in [9.17, 15) is 0 Å². The second-order valence-electron chi connectivity index (χ2n) is 6.14. The fourth-order valence-electron chi connectivity index (χ4n) is 2.39. The average molecular weight is 278 g/mol. The van der Waals surface area contributed by atoms with Gasteiger partial charge in [-0.15, -0.1) is 0 Å². The highest BCUT2D eigenvalue weighted by atomic mass is 16.5. The highest BCUT2D eigenvalue weighted by molar-refractivity contribution is 5.27. The molecule has 1 rings (SSSR count). The van der Waals surface area contributed by atoms with Crippen molar-refractivity contribution in [3.63, 3.8) is 0 Å². The van der Waals surface area contributed by atoms with E-state index in [4.69, 9.17) is 4.74 Å². The molecule has 20 heavy (non-hydrogen) atoms. The van der Waals surface area contributed by atoms with E-state index in [-0.39, 0.29) is 0 Å². The molecule has 0 amide bonds. The van der Waals surface area contributed by atoms with Crippen LogP contribution in [0.25, 0.3) is 0 Å². The molecule has 1 atom stereocenters. The van der Waals surface area contributed by atoms with E-state index >= 15 is 0 Å². The van der Waals surface area contributed by atoms with Gasteiger partial charge in [-0.3, -0.25) is 4.90 Å². The van der Waals surface area contributed by atoms with Gasteiger partial charge in [0.2, 0.25) is 0 Å². The lowest BCUT2D eigenvalue weighted by molar-refractivity contribution is 0.177. The highest BCUT2D eigenvalue weighted by Crippen LogP contribution is 2.16. The van der Waals surface area contributed by atoms with Gasteiger partial charge >= 0.3 is 0 Å². The SMILES string of the molecule is COc1ccc(CN(C)C(CNC(C)C)C(C)C)cc1. The van der Waals surface area contributed by atoms with E-state index in [0.29, 0.717) is 18.0 Å². The van der Waals surface area contributed by atoms with Gasteiger partial charge < -0.3 is 10.1 Å². The average Bonchev–Trinajstić information content (AvgIpc) is 2.39. The Hall–Kier alpha value is -1.06. The summed E-state index contributed by atoms with van der Waals surface area (Å²) in [5.74, 6) is 1.54. The molecule has 1 unspecified atom stereocenters. The molecule has 0 saturated heterocycles. The maximum absolute atomic E-state index is 5.20. The molecule has 3 nitrogen and oxygen atoms in total. The lowest BCUT2D eigenvalue weighted by atomic mass is 10.0. The summed E-state index contributed by atoms with van der Waals surface area (Å²) in [5, 5.41) is 3.55. The van der Waals surface area contributed by atoms with Crippen molar-refractivity contribution < 1.29 is 4.74 Å². The van der Waals surface area contributed by atoms with Crippen LogP contribution in [0.15, 0.2) is 24.3 Å². The first-order chi connectivity index (χ1) is 9.43. The number of hydrogen-bond donors (Lipinski definition) is 1. The maximum Gasteiger partial charge on any atom is 0.118 e. The molecule has 1 aromatic rings. The molecule has 3 heteroatoms. The molecule has 0 bridgehead atoms. The zero-order valence-corrected chi connectivity index (χ0v) is 13.8. The molecule has 0 aromatic heterocycles. The van der Waals surface area contributed by atoms with Gasteiger partial charge in [0, 0.05) is 25.2 Å². The normalized spacial score (nSPS) is 13.2. The van der Waals surface area contributed by atoms with Gasteiger partial charge in [0.15, 0.2) is 0 Å². The third-order valence-corrected chi connectivity index (χ3v) is 3.66. The molecular weight excluding hydrogens is 248 g/mol. The van der Waals surface area contributed by atoms with E-state index in [1.165, 1.54) is 5.56 Å². The van der Waals surface area contributed by atoms with E-state index in [1.807, 2.05) is 12.1 Å². The minimum atomic E-state index is 0.533. The molecule has 114 valence electrons. The molecule has 0 spiro atoms. The van der Waals surface area contributed by atoms with Crippen molar-refractivity contribution in [3.05, 3.63) is 29.8 Å². The molecule has 0 aliphatic heterocycles. The van der Waals surface area contributed by atoms with Gasteiger partial charge in [0.1, 0.15) is 5.75 Å². The Bertz CT molecular complexity index is 373. The Balaban J connectivity index is 2.62. The van der Waals surface area contributed by atoms with Crippen LogP contribution in [0, 0.1) is 5.92 Å². The number of hydrogen-bond acceptors (Lipinski definition) is 3. The molecule has 0 aliphatic carbocycles. The van der Waals surface area contributed by atoms with Crippen LogP contribution in [0.1, 0.15) is 33.3 Å². The van der Waals surface area contributed by atoms with Gasteiger partial charge in [0.25, 0.3) is 0 Å². The third-order valence-electron chi connectivity index (χ3n) is 3.66. The predicted molar refractivity (Wildman–Crippen MR) is 86.2 cm³/mol. The Morgan fingerprint density at radius 2 is 1.70 bits per heavy atom. The molecule has 0 heterocycles. The number of methoxy groups -OCH3 is 1. The summed E-state index contributed by atoms with van der Waals surface area (Å²) >= 11 is 0. The number of rotatable bonds is 8. The number of likely N-dealkylation sites (N-methyl/N-ethyl adjacent to an activating group) is 1. The summed E-state index contributed by atoms with van der Waals surface area (Å²) in [4.78, 5) is 2.43. The van der Waals surface area contributed by atoms with E-state index in [2.05, 4.69) is 57.1 Å². The Morgan fingerprint density at radius 3 is 2.15 bits per heavy atom.